The maximum absolute atomic E-state index is 12.2. The highest BCUT2D eigenvalue weighted by Gasteiger charge is 2.20. The molecule has 144 valence electrons. The van der Waals surface area contributed by atoms with Gasteiger partial charge >= 0.3 is 5.97 Å². The van der Waals surface area contributed by atoms with Crippen LogP contribution in [0.4, 0.5) is 0 Å². The van der Waals surface area contributed by atoms with Crippen molar-refractivity contribution in [3.63, 3.8) is 0 Å². The molecule has 0 aliphatic rings. The number of nitrogens with one attached hydrogen (secondary N) is 1. The number of para-hydroxylation sites is 2. The summed E-state index contributed by atoms with van der Waals surface area (Å²) in [5, 5.41) is 2.66. The smallest absolute Gasteiger partial charge is 0.313 e. The van der Waals surface area contributed by atoms with Crippen LogP contribution < -0.4 is 14.8 Å². The number of carbonyl (C=O) groups excluding carboxylic acids is 2. The van der Waals surface area contributed by atoms with Crippen LogP contribution >= 0.6 is 0 Å². The highest BCUT2D eigenvalue weighted by atomic mass is 16.5. The summed E-state index contributed by atoms with van der Waals surface area (Å²) in [6.45, 7) is 2.18. The van der Waals surface area contributed by atoms with Gasteiger partial charge in [0.2, 0.25) is 0 Å². The third kappa shape index (κ3) is 6.33. The Morgan fingerprint density at radius 1 is 1.00 bits per heavy atom. The van der Waals surface area contributed by atoms with Gasteiger partial charge in [-0.15, -0.1) is 0 Å². The number of benzene rings is 2. The SMILES string of the molecule is CC[C@H](C(=O)OCC(=O)NCCOc1ccccc1OC)c1ccccc1. The number of carbonyl (C=O) groups is 2. The third-order valence-corrected chi connectivity index (χ3v) is 3.99. The van der Waals surface area contributed by atoms with Gasteiger partial charge in [0.15, 0.2) is 18.1 Å². The van der Waals surface area contributed by atoms with Gasteiger partial charge in [-0.1, -0.05) is 49.4 Å². The molecule has 0 saturated carbocycles. The highest BCUT2D eigenvalue weighted by Crippen LogP contribution is 2.25. The topological polar surface area (TPSA) is 73.9 Å². The lowest BCUT2D eigenvalue weighted by molar-refractivity contribution is -0.150. The first-order chi connectivity index (χ1) is 13.2. The number of hydrogen-bond acceptors (Lipinski definition) is 5. The average Bonchev–Trinajstić information content (AvgIpc) is 2.71. The number of ether oxygens (including phenoxy) is 3. The zero-order valence-corrected chi connectivity index (χ0v) is 15.6. The van der Waals surface area contributed by atoms with E-state index in [2.05, 4.69) is 5.32 Å². The standard InChI is InChI=1S/C21H25NO5/c1-3-17(16-9-5-4-6-10-16)21(24)27-15-20(23)22-13-14-26-19-12-8-7-11-18(19)25-2/h4-12,17H,3,13-15H2,1-2H3,(H,22,23)/t17-/m0/s1. The van der Waals surface area contributed by atoms with Crippen LogP contribution in [0.2, 0.25) is 0 Å². The van der Waals surface area contributed by atoms with Gasteiger partial charge in [0.05, 0.1) is 19.6 Å². The zero-order chi connectivity index (χ0) is 19.5. The van der Waals surface area contributed by atoms with Crippen molar-refractivity contribution in [1.82, 2.24) is 5.32 Å². The van der Waals surface area contributed by atoms with Crippen LogP contribution in [0.1, 0.15) is 24.8 Å². The Balaban J connectivity index is 1.70. The first-order valence-electron chi connectivity index (χ1n) is 8.89. The van der Waals surface area contributed by atoms with Crippen molar-refractivity contribution in [1.29, 1.82) is 0 Å². The molecule has 0 unspecified atom stereocenters. The predicted octanol–water partition coefficient (Wildman–Crippen LogP) is 2.93. The molecule has 1 atom stereocenters. The molecule has 1 N–H and O–H groups in total. The fourth-order valence-corrected chi connectivity index (χ4v) is 2.60. The second kappa shape index (κ2) is 10.9. The van der Waals surface area contributed by atoms with Crippen molar-refractivity contribution >= 4 is 11.9 Å². The van der Waals surface area contributed by atoms with Crippen LogP contribution in [0.3, 0.4) is 0 Å². The Kier molecular flexibility index (Phi) is 8.16. The van der Waals surface area contributed by atoms with Crippen molar-refractivity contribution in [2.75, 3.05) is 26.9 Å². The molecular formula is C21H25NO5. The molecule has 0 radical (unpaired) electrons. The predicted molar refractivity (Wildman–Crippen MR) is 102 cm³/mol. The van der Waals surface area contributed by atoms with E-state index in [1.165, 1.54) is 0 Å². The maximum atomic E-state index is 12.2. The van der Waals surface area contributed by atoms with Gasteiger partial charge in [-0.3, -0.25) is 9.59 Å². The fraction of sp³-hybridized carbons (Fsp3) is 0.333. The van der Waals surface area contributed by atoms with Crippen molar-refractivity contribution in [2.24, 2.45) is 0 Å². The second-order valence-corrected chi connectivity index (χ2v) is 5.83. The van der Waals surface area contributed by atoms with Crippen LogP contribution in [-0.4, -0.2) is 38.7 Å². The third-order valence-electron chi connectivity index (χ3n) is 3.99. The molecule has 0 spiro atoms. The number of methoxy groups -OCH3 is 1. The fourth-order valence-electron chi connectivity index (χ4n) is 2.60. The van der Waals surface area contributed by atoms with E-state index < -0.39 is 5.97 Å². The molecule has 6 nitrogen and oxygen atoms in total. The number of amides is 1. The lowest BCUT2D eigenvalue weighted by Crippen LogP contribution is -2.32. The number of hydrogen-bond donors (Lipinski definition) is 1. The van der Waals surface area contributed by atoms with Gasteiger partial charge in [0.1, 0.15) is 6.61 Å². The van der Waals surface area contributed by atoms with E-state index in [4.69, 9.17) is 14.2 Å². The molecular weight excluding hydrogens is 346 g/mol. The molecule has 0 fully saturated rings. The van der Waals surface area contributed by atoms with E-state index in [-0.39, 0.29) is 25.0 Å². The zero-order valence-electron chi connectivity index (χ0n) is 15.6. The molecule has 0 aliphatic heterocycles. The summed E-state index contributed by atoms with van der Waals surface area (Å²) in [5.41, 5.74) is 0.885. The number of rotatable bonds is 10. The lowest BCUT2D eigenvalue weighted by Gasteiger charge is -2.14. The van der Waals surface area contributed by atoms with E-state index in [1.54, 1.807) is 19.2 Å². The summed E-state index contributed by atoms with van der Waals surface area (Å²) in [6.07, 6.45) is 0.608. The summed E-state index contributed by atoms with van der Waals surface area (Å²) >= 11 is 0. The molecule has 2 rings (SSSR count). The van der Waals surface area contributed by atoms with Gasteiger partial charge in [-0.05, 0) is 24.1 Å². The summed E-state index contributed by atoms with van der Waals surface area (Å²) in [7, 11) is 1.57. The lowest BCUT2D eigenvalue weighted by atomic mass is 9.97. The van der Waals surface area contributed by atoms with Gasteiger partial charge < -0.3 is 19.5 Å². The molecule has 2 aromatic rings. The highest BCUT2D eigenvalue weighted by molar-refractivity contribution is 5.83. The van der Waals surface area contributed by atoms with Crippen LogP contribution in [0.15, 0.2) is 54.6 Å². The van der Waals surface area contributed by atoms with Crippen LogP contribution in [0, 0.1) is 0 Å². The summed E-state index contributed by atoms with van der Waals surface area (Å²) < 4.78 is 15.9. The molecule has 0 bridgehead atoms. The Labute approximate surface area is 159 Å². The Morgan fingerprint density at radius 2 is 1.67 bits per heavy atom. The van der Waals surface area contributed by atoms with Crippen LogP contribution in [0.5, 0.6) is 11.5 Å². The molecule has 0 aromatic heterocycles. The molecule has 1 amide bonds. The second-order valence-electron chi connectivity index (χ2n) is 5.83. The normalized spacial score (nSPS) is 11.3. The van der Waals surface area contributed by atoms with E-state index in [9.17, 15) is 9.59 Å². The van der Waals surface area contributed by atoms with Crippen LogP contribution in [0.25, 0.3) is 0 Å². The van der Waals surface area contributed by atoms with E-state index >= 15 is 0 Å². The molecule has 6 heteroatoms. The first-order valence-corrected chi connectivity index (χ1v) is 8.89. The van der Waals surface area contributed by atoms with Gasteiger partial charge in [-0.25, -0.2) is 0 Å². The maximum Gasteiger partial charge on any atom is 0.313 e. The van der Waals surface area contributed by atoms with Gasteiger partial charge in [0.25, 0.3) is 5.91 Å². The number of esters is 1. The molecule has 27 heavy (non-hydrogen) atoms. The minimum Gasteiger partial charge on any atom is -0.493 e. The first kappa shape index (κ1) is 20.3. The Bertz CT molecular complexity index is 732. The minimum atomic E-state index is -0.399. The minimum absolute atomic E-state index is 0.279. The monoisotopic (exact) mass is 371 g/mol. The largest absolute Gasteiger partial charge is 0.493 e. The molecule has 0 saturated heterocycles. The van der Waals surface area contributed by atoms with E-state index in [0.717, 1.165) is 5.56 Å². The van der Waals surface area contributed by atoms with Crippen molar-refractivity contribution in [3.05, 3.63) is 60.2 Å². The summed E-state index contributed by atoms with van der Waals surface area (Å²) in [4.78, 5) is 24.1. The van der Waals surface area contributed by atoms with Crippen molar-refractivity contribution in [2.45, 2.75) is 19.3 Å². The van der Waals surface area contributed by atoms with Gasteiger partial charge in [-0.2, -0.15) is 0 Å². The van der Waals surface area contributed by atoms with Crippen molar-refractivity contribution in [3.8, 4) is 11.5 Å². The van der Waals surface area contributed by atoms with Gasteiger partial charge in [0, 0.05) is 0 Å². The molecule has 0 aliphatic carbocycles. The average molecular weight is 371 g/mol. The Morgan fingerprint density at radius 3 is 2.33 bits per heavy atom. The summed E-state index contributed by atoms with van der Waals surface area (Å²) in [6, 6.07) is 16.7. The Hall–Kier alpha value is -3.02. The quantitative estimate of drug-likeness (QED) is 0.513. The van der Waals surface area contributed by atoms with Crippen LogP contribution in [-0.2, 0) is 14.3 Å². The van der Waals surface area contributed by atoms with Crippen molar-refractivity contribution < 1.29 is 23.8 Å². The molecule has 0 heterocycles. The van der Waals surface area contributed by atoms with E-state index in [1.807, 2.05) is 49.4 Å². The van der Waals surface area contributed by atoms with E-state index in [0.29, 0.717) is 24.5 Å². The summed E-state index contributed by atoms with van der Waals surface area (Å²) in [5.74, 6) is 0.102. The molecule has 2 aromatic carbocycles.